The van der Waals surface area contributed by atoms with Gasteiger partial charge in [-0.05, 0) is 44.9 Å². The second kappa shape index (κ2) is 8.25. The Morgan fingerprint density at radius 3 is 2.35 bits per heavy atom. The normalized spacial score (nSPS) is 11.4. The molecule has 0 bridgehead atoms. The van der Waals surface area contributed by atoms with Crippen LogP contribution in [0, 0.1) is 0 Å². The van der Waals surface area contributed by atoms with Gasteiger partial charge in [0.05, 0.1) is 0 Å². The Labute approximate surface area is 124 Å². The van der Waals surface area contributed by atoms with Crippen molar-refractivity contribution in [2.75, 3.05) is 11.4 Å². The quantitative estimate of drug-likeness (QED) is 0.784. The molecule has 114 valence electrons. The first-order valence-electron chi connectivity index (χ1n) is 7.97. The molecular weight excluding hydrogens is 246 g/mol. The lowest BCUT2D eigenvalue weighted by Crippen LogP contribution is -2.31. The third-order valence-corrected chi connectivity index (χ3v) is 3.40. The summed E-state index contributed by atoms with van der Waals surface area (Å²) in [6.07, 6.45) is 2.19. The molecule has 1 rings (SSSR count). The van der Waals surface area contributed by atoms with Gasteiger partial charge in [-0.25, -0.2) is 4.98 Å². The average molecular weight is 277 g/mol. The predicted molar refractivity (Wildman–Crippen MR) is 88.4 cm³/mol. The van der Waals surface area contributed by atoms with E-state index in [0.29, 0.717) is 12.1 Å². The lowest BCUT2D eigenvalue weighted by Gasteiger charge is -2.27. The summed E-state index contributed by atoms with van der Waals surface area (Å²) in [6, 6.07) is 5.47. The monoisotopic (exact) mass is 277 g/mol. The van der Waals surface area contributed by atoms with Crippen molar-refractivity contribution in [1.82, 2.24) is 10.3 Å². The van der Waals surface area contributed by atoms with Crippen molar-refractivity contribution >= 4 is 5.82 Å². The number of anilines is 1. The zero-order chi connectivity index (χ0) is 15.1. The second-order valence-electron chi connectivity index (χ2n) is 5.99. The van der Waals surface area contributed by atoms with Crippen LogP contribution in [0.25, 0.3) is 0 Å². The molecule has 0 saturated heterocycles. The van der Waals surface area contributed by atoms with E-state index < -0.39 is 0 Å². The molecule has 0 spiro atoms. The molecule has 0 fully saturated rings. The Bertz CT molecular complexity index is 399. The first kappa shape index (κ1) is 17.0. The van der Waals surface area contributed by atoms with E-state index in [4.69, 9.17) is 4.98 Å². The number of hydrogen-bond acceptors (Lipinski definition) is 3. The molecule has 1 aromatic heterocycles. The van der Waals surface area contributed by atoms with Crippen LogP contribution < -0.4 is 10.2 Å². The molecule has 3 nitrogen and oxygen atoms in total. The number of aryl methyl sites for hydroxylation is 1. The highest BCUT2D eigenvalue weighted by Gasteiger charge is 2.12. The first-order chi connectivity index (χ1) is 9.47. The Morgan fingerprint density at radius 2 is 1.85 bits per heavy atom. The molecule has 0 unspecified atom stereocenters. The highest BCUT2D eigenvalue weighted by Crippen LogP contribution is 2.18. The van der Waals surface area contributed by atoms with Crippen LogP contribution in [0.15, 0.2) is 12.1 Å². The molecule has 20 heavy (non-hydrogen) atoms. The molecule has 3 heteroatoms. The molecule has 0 aliphatic heterocycles. The number of nitrogens with zero attached hydrogens (tertiary/aromatic N) is 2. The van der Waals surface area contributed by atoms with Crippen molar-refractivity contribution in [3.63, 3.8) is 0 Å². The van der Waals surface area contributed by atoms with Crippen LogP contribution in [-0.2, 0) is 13.0 Å². The maximum absolute atomic E-state index is 4.84. The van der Waals surface area contributed by atoms with E-state index >= 15 is 0 Å². The van der Waals surface area contributed by atoms with Crippen LogP contribution in [-0.4, -0.2) is 23.6 Å². The van der Waals surface area contributed by atoms with Crippen LogP contribution in [0.2, 0.25) is 0 Å². The lowest BCUT2D eigenvalue weighted by atomic mass is 10.1. The van der Waals surface area contributed by atoms with E-state index in [-0.39, 0.29) is 0 Å². The largest absolute Gasteiger partial charge is 0.354 e. The first-order valence-corrected chi connectivity index (χ1v) is 7.97. The average Bonchev–Trinajstić information content (AvgIpc) is 2.37. The molecular formula is C17H31N3. The molecule has 1 aromatic rings. The summed E-state index contributed by atoms with van der Waals surface area (Å²) >= 11 is 0. The summed E-state index contributed by atoms with van der Waals surface area (Å²) in [7, 11) is 0. The Hall–Kier alpha value is -1.09. The third kappa shape index (κ3) is 5.12. The van der Waals surface area contributed by atoms with Crippen molar-refractivity contribution in [2.24, 2.45) is 0 Å². The number of nitrogens with one attached hydrogen (secondary N) is 1. The summed E-state index contributed by atoms with van der Waals surface area (Å²) < 4.78 is 0. The van der Waals surface area contributed by atoms with Crippen molar-refractivity contribution in [1.29, 1.82) is 0 Å². The van der Waals surface area contributed by atoms with Gasteiger partial charge in [0.25, 0.3) is 0 Å². The van der Waals surface area contributed by atoms with Gasteiger partial charge in [-0.1, -0.05) is 27.2 Å². The lowest BCUT2D eigenvalue weighted by molar-refractivity contribution is 0.587. The maximum Gasteiger partial charge on any atom is 0.129 e. The van der Waals surface area contributed by atoms with Gasteiger partial charge >= 0.3 is 0 Å². The van der Waals surface area contributed by atoms with Crippen LogP contribution in [0.1, 0.15) is 59.2 Å². The van der Waals surface area contributed by atoms with E-state index in [1.807, 2.05) is 0 Å². The number of hydrogen-bond donors (Lipinski definition) is 1. The highest BCUT2D eigenvalue weighted by atomic mass is 15.2. The molecule has 1 N–H and O–H groups in total. The molecule has 1 heterocycles. The van der Waals surface area contributed by atoms with E-state index in [1.54, 1.807) is 0 Å². The van der Waals surface area contributed by atoms with Gasteiger partial charge < -0.3 is 10.2 Å². The van der Waals surface area contributed by atoms with Gasteiger partial charge in [-0.2, -0.15) is 0 Å². The van der Waals surface area contributed by atoms with Gasteiger partial charge in [-0.3, -0.25) is 0 Å². The van der Waals surface area contributed by atoms with Crippen molar-refractivity contribution in [2.45, 2.75) is 73.0 Å². The standard InChI is InChI=1S/C17H31N3/c1-7-9-16-10-15(12-18-13(3)4)11-17(19-16)20(8-2)14(5)6/h10-11,13-14,18H,7-9,12H2,1-6H3. The van der Waals surface area contributed by atoms with Gasteiger partial charge in [0.1, 0.15) is 5.82 Å². The van der Waals surface area contributed by atoms with Crippen molar-refractivity contribution in [3.05, 3.63) is 23.4 Å². The Morgan fingerprint density at radius 1 is 1.15 bits per heavy atom. The van der Waals surface area contributed by atoms with E-state index in [2.05, 4.69) is 63.9 Å². The number of aromatic nitrogens is 1. The van der Waals surface area contributed by atoms with Gasteiger partial charge in [0, 0.05) is 30.9 Å². The minimum Gasteiger partial charge on any atom is -0.354 e. The topological polar surface area (TPSA) is 28.2 Å². The van der Waals surface area contributed by atoms with Crippen LogP contribution in [0.3, 0.4) is 0 Å². The zero-order valence-electron chi connectivity index (χ0n) is 14.0. The Kier molecular flexibility index (Phi) is 7.00. The smallest absolute Gasteiger partial charge is 0.129 e. The van der Waals surface area contributed by atoms with Crippen LogP contribution in [0.5, 0.6) is 0 Å². The Balaban J connectivity index is 3.02. The maximum atomic E-state index is 4.84. The zero-order valence-corrected chi connectivity index (χ0v) is 14.0. The summed E-state index contributed by atoms with van der Waals surface area (Å²) in [5.41, 5.74) is 2.55. The van der Waals surface area contributed by atoms with E-state index in [9.17, 15) is 0 Å². The fraction of sp³-hybridized carbons (Fsp3) is 0.706. The van der Waals surface area contributed by atoms with Gasteiger partial charge in [-0.15, -0.1) is 0 Å². The van der Waals surface area contributed by atoms with Crippen LogP contribution in [0.4, 0.5) is 5.82 Å². The van der Waals surface area contributed by atoms with Gasteiger partial charge in [0.2, 0.25) is 0 Å². The molecule has 0 saturated carbocycles. The minimum atomic E-state index is 0.482. The van der Waals surface area contributed by atoms with Crippen molar-refractivity contribution < 1.29 is 0 Å². The SMILES string of the molecule is CCCc1cc(CNC(C)C)cc(N(CC)C(C)C)n1. The molecule has 0 radical (unpaired) electrons. The fourth-order valence-corrected chi connectivity index (χ4v) is 2.38. The number of pyridine rings is 1. The second-order valence-corrected chi connectivity index (χ2v) is 5.99. The summed E-state index contributed by atoms with van der Waals surface area (Å²) in [6.45, 7) is 15.1. The summed E-state index contributed by atoms with van der Waals surface area (Å²) in [4.78, 5) is 7.20. The number of rotatable bonds is 8. The summed E-state index contributed by atoms with van der Waals surface area (Å²) in [5.74, 6) is 1.12. The molecule has 0 amide bonds. The molecule has 0 aromatic carbocycles. The molecule has 0 aliphatic rings. The van der Waals surface area contributed by atoms with Gasteiger partial charge in [0.15, 0.2) is 0 Å². The highest BCUT2D eigenvalue weighted by molar-refractivity contribution is 5.43. The van der Waals surface area contributed by atoms with E-state index in [1.165, 1.54) is 11.3 Å². The third-order valence-electron chi connectivity index (χ3n) is 3.40. The van der Waals surface area contributed by atoms with Crippen molar-refractivity contribution in [3.8, 4) is 0 Å². The summed E-state index contributed by atoms with van der Waals surface area (Å²) in [5, 5.41) is 3.50. The molecule has 0 aliphatic carbocycles. The fourth-order valence-electron chi connectivity index (χ4n) is 2.38. The van der Waals surface area contributed by atoms with E-state index in [0.717, 1.165) is 31.7 Å². The molecule has 0 atom stereocenters. The van der Waals surface area contributed by atoms with Crippen LogP contribution >= 0.6 is 0 Å². The minimum absolute atomic E-state index is 0.482. The predicted octanol–water partition coefficient (Wildman–Crippen LogP) is 3.77.